The number of methoxy groups -OCH3 is 1. The number of halogens is 2. The molecule has 0 aliphatic heterocycles. The van der Waals surface area contributed by atoms with Crippen molar-refractivity contribution in [1.82, 2.24) is 14.8 Å². The van der Waals surface area contributed by atoms with Crippen LogP contribution in [0.2, 0.25) is 5.02 Å². The zero-order valence-corrected chi connectivity index (χ0v) is 16.1. The maximum atomic E-state index is 13.7. The average molecular weight is 407 g/mol. The number of rotatable bonds is 6. The Morgan fingerprint density at radius 1 is 1.26 bits per heavy atom. The Morgan fingerprint density at radius 3 is 2.67 bits per heavy atom. The third-order valence-corrected chi connectivity index (χ3v) is 4.98. The minimum Gasteiger partial charge on any atom is -0.497 e. The highest BCUT2D eigenvalue weighted by Crippen LogP contribution is 2.25. The summed E-state index contributed by atoms with van der Waals surface area (Å²) < 4.78 is 20.7. The number of hydrogen-bond acceptors (Lipinski definition) is 5. The van der Waals surface area contributed by atoms with Gasteiger partial charge < -0.3 is 14.6 Å². The van der Waals surface area contributed by atoms with Gasteiger partial charge in [0, 0.05) is 17.6 Å². The van der Waals surface area contributed by atoms with Crippen LogP contribution in [0.4, 0.5) is 10.1 Å². The standard InChI is InChI=1S/C18H16ClFN4O2S/c1-24-17(11-3-6-13(26-2)7-4-11)22-23-18(24)27-10-16(25)21-15-8-5-12(19)9-14(15)20/h3-9H,10H2,1-2H3,(H,21,25). The molecule has 3 aromatic rings. The number of aromatic nitrogens is 3. The summed E-state index contributed by atoms with van der Waals surface area (Å²) in [7, 11) is 3.42. The van der Waals surface area contributed by atoms with Crippen molar-refractivity contribution >= 4 is 35.0 Å². The Balaban J connectivity index is 1.64. The number of nitrogens with one attached hydrogen (secondary N) is 1. The molecule has 6 nitrogen and oxygen atoms in total. The zero-order valence-electron chi connectivity index (χ0n) is 14.6. The number of nitrogens with zero attached hydrogens (tertiary/aromatic N) is 3. The molecule has 0 radical (unpaired) electrons. The predicted octanol–water partition coefficient (Wildman–Crippen LogP) is 4.01. The molecule has 0 saturated heterocycles. The number of thioether (sulfide) groups is 1. The quantitative estimate of drug-likeness (QED) is 0.626. The normalized spacial score (nSPS) is 10.7. The lowest BCUT2D eigenvalue weighted by atomic mass is 10.2. The highest BCUT2D eigenvalue weighted by atomic mass is 35.5. The van der Waals surface area contributed by atoms with E-state index >= 15 is 0 Å². The molecule has 0 bridgehead atoms. The number of carbonyl (C=O) groups is 1. The number of amides is 1. The monoisotopic (exact) mass is 406 g/mol. The summed E-state index contributed by atoms with van der Waals surface area (Å²) in [5.74, 6) is 0.554. The van der Waals surface area contributed by atoms with Gasteiger partial charge in [0.1, 0.15) is 11.6 Å². The van der Waals surface area contributed by atoms with Crippen molar-refractivity contribution in [2.75, 3.05) is 18.2 Å². The van der Waals surface area contributed by atoms with Gasteiger partial charge in [-0.3, -0.25) is 4.79 Å². The van der Waals surface area contributed by atoms with Crippen LogP contribution in [0.25, 0.3) is 11.4 Å². The fourth-order valence-electron chi connectivity index (χ4n) is 2.34. The van der Waals surface area contributed by atoms with Crippen LogP contribution >= 0.6 is 23.4 Å². The lowest BCUT2D eigenvalue weighted by Gasteiger charge is -2.07. The van der Waals surface area contributed by atoms with Crippen LogP contribution in [0.3, 0.4) is 0 Å². The van der Waals surface area contributed by atoms with Crippen molar-refractivity contribution in [3.8, 4) is 17.1 Å². The van der Waals surface area contributed by atoms with Gasteiger partial charge in [0.05, 0.1) is 18.6 Å². The first-order valence-electron chi connectivity index (χ1n) is 7.89. The molecule has 1 N–H and O–H groups in total. The van der Waals surface area contributed by atoms with E-state index in [1.807, 2.05) is 31.3 Å². The van der Waals surface area contributed by atoms with Crippen LogP contribution < -0.4 is 10.1 Å². The Bertz CT molecular complexity index is 962. The first-order valence-corrected chi connectivity index (χ1v) is 9.26. The smallest absolute Gasteiger partial charge is 0.234 e. The Morgan fingerprint density at radius 2 is 2.00 bits per heavy atom. The topological polar surface area (TPSA) is 69.0 Å². The number of hydrogen-bond donors (Lipinski definition) is 1. The molecular weight excluding hydrogens is 391 g/mol. The van der Waals surface area contributed by atoms with E-state index in [1.54, 1.807) is 11.7 Å². The molecule has 1 heterocycles. The van der Waals surface area contributed by atoms with Gasteiger partial charge >= 0.3 is 0 Å². The van der Waals surface area contributed by atoms with Crippen molar-refractivity contribution < 1.29 is 13.9 Å². The third kappa shape index (κ3) is 4.58. The molecule has 9 heteroatoms. The molecule has 0 fully saturated rings. The van der Waals surface area contributed by atoms with E-state index in [-0.39, 0.29) is 22.4 Å². The van der Waals surface area contributed by atoms with Gasteiger partial charge in [0.15, 0.2) is 11.0 Å². The number of carbonyl (C=O) groups excluding carboxylic acids is 1. The Kier molecular flexibility index (Phi) is 5.98. The van der Waals surface area contributed by atoms with Crippen molar-refractivity contribution in [3.63, 3.8) is 0 Å². The second-order valence-corrected chi connectivity index (χ2v) is 6.93. The largest absolute Gasteiger partial charge is 0.497 e. The third-order valence-electron chi connectivity index (χ3n) is 3.72. The average Bonchev–Trinajstić information content (AvgIpc) is 3.03. The first-order chi connectivity index (χ1) is 13.0. The van der Waals surface area contributed by atoms with Gasteiger partial charge in [-0.05, 0) is 42.5 Å². The Hall–Kier alpha value is -2.58. The molecule has 2 aromatic carbocycles. The molecule has 0 aliphatic rings. The summed E-state index contributed by atoms with van der Waals surface area (Å²) in [5, 5.41) is 11.6. The summed E-state index contributed by atoms with van der Waals surface area (Å²) in [6, 6.07) is 11.5. The van der Waals surface area contributed by atoms with E-state index in [1.165, 1.54) is 23.9 Å². The second-order valence-electron chi connectivity index (χ2n) is 5.55. The molecule has 140 valence electrons. The molecule has 0 unspecified atom stereocenters. The van der Waals surface area contributed by atoms with Gasteiger partial charge in [0.25, 0.3) is 0 Å². The van der Waals surface area contributed by atoms with Gasteiger partial charge in [-0.2, -0.15) is 0 Å². The van der Waals surface area contributed by atoms with Crippen LogP contribution in [-0.2, 0) is 11.8 Å². The van der Waals surface area contributed by atoms with Gasteiger partial charge in [0.2, 0.25) is 5.91 Å². The number of anilines is 1. The summed E-state index contributed by atoms with van der Waals surface area (Å²) in [6.45, 7) is 0. The van der Waals surface area contributed by atoms with Gasteiger partial charge in [-0.25, -0.2) is 4.39 Å². The summed E-state index contributed by atoms with van der Waals surface area (Å²) in [4.78, 5) is 12.1. The van der Waals surface area contributed by atoms with Gasteiger partial charge in [-0.15, -0.1) is 10.2 Å². The molecule has 27 heavy (non-hydrogen) atoms. The van der Waals surface area contributed by atoms with E-state index in [9.17, 15) is 9.18 Å². The minimum atomic E-state index is -0.582. The summed E-state index contributed by atoms with van der Waals surface area (Å²) in [6.07, 6.45) is 0. The molecule has 3 rings (SSSR count). The number of benzene rings is 2. The van der Waals surface area contributed by atoms with Crippen LogP contribution in [0.1, 0.15) is 0 Å². The maximum Gasteiger partial charge on any atom is 0.234 e. The molecular formula is C18H16ClFN4O2S. The van der Waals surface area contributed by atoms with E-state index in [0.717, 1.165) is 17.4 Å². The molecule has 0 spiro atoms. The van der Waals surface area contributed by atoms with Gasteiger partial charge in [-0.1, -0.05) is 23.4 Å². The predicted molar refractivity (Wildman–Crippen MR) is 104 cm³/mol. The zero-order chi connectivity index (χ0) is 19.4. The van der Waals surface area contributed by atoms with Crippen LogP contribution in [0.5, 0.6) is 5.75 Å². The molecule has 0 atom stereocenters. The number of ether oxygens (including phenoxy) is 1. The summed E-state index contributed by atoms with van der Waals surface area (Å²) in [5.41, 5.74) is 0.965. The summed E-state index contributed by atoms with van der Waals surface area (Å²) >= 11 is 6.91. The van der Waals surface area contributed by atoms with Crippen molar-refractivity contribution in [2.45, 2.75) is 5.16 Å². The van der Waals surface area contributed by atoms with E-state index in [0.29, 0.717) is 11.0 Å². The maximum absolute atomic E-state index is 13.7. The fourth-order valence-corrected chi connectivity index (χ4v) is 3.21. The lowest BCUT2D eigenvalue weighted by molar-refractivity contribution is -0.113. The minimum absolute atomic E-state index is 0.0661. The first kappa shape index (κ1) is 19.2. The van der Waals surface area contributed by atoms with E-state index < -0.39 is 5.82 Å². The van der Waals surface area contributed by atoms with Crippen LogP contribution in [0, 0.1) is 5.82 Å². The SMILES string of the molecule is COc1ccc(-c2nnc(SCC(=O)Nc3ccc(Cl)cc3F)n2C)cc1. The van der Waals surface area contributed by atoms with Crippen molar-refractivity contribution in [2.24, 2.45) is 7.05 Å². The fraction of sp³-hybridized carbons (Fsp3) is 0.167. The van der Waals surface area contributed by atoms with E-state index in [2.05, 4.69) is 15.5 Å². The molecule has 0 aliphatic carbocycles. The highest BCUT2D eigenvalue weighted by molar-refractivity contribution is 7.99. The lowest BCUT2D eigenvalue weighted by Crippen LogP contribution is -2.15. The molecule has 0 saturated carbocycles. The van der Waals surface area contributed by atoms with Crippen molar-refractivity contribution in [3.05, 3.63) is 53.3 Å². The van der Waals surface area contributed by atoms with E-state index in [4.69, 9.17) is 16.3 Å². The molecule has 1 amide bonds. The second kappa shape index (κ2) is 8.41. The molecule has 1 aromatic heterocycles. The Labute approximate surface area is 164 Å². The van der Waals surface area contributed by atoms with Crippen molar-refractivity contribution in [1.29, 1.82) is 0 Å². The van der Waals surface area contributed by atoms with Crippen LogP contribution in [0.15, 0.2) is 47.6 Å². The van der Waals surface area contributed by atoms with Crippen LogP contribution in [-0.4, -0.2) is 33.5 Å². The highest BCUT2D eigenvalue weighted by Gasteiger charge is 2.14.